The summed E-state index contributed by atoms with van der Waals surface area (Å²) in [4.78, 5) is 11.0. The fraction of sp³-hybridized carbons (Fsp3) is 0.533. The predicted molar refractivity (Wildman–Crippen MR) is 73.3 cm³/mol. The lowest BCUT2D eigenvalue weighted by molar-refractivity contribution is -0.141. The van der Waals surface area contributed by atoms with Gasteiger partial charge in [0.2, 0.25) is 0 Å². The Morgan fingerprint density at radius 3 is 3.05 bits per heavy atom. The summed E-state index contributed by atoms with van der Waals surface area (Å²) in [5.41, 5.74) is 2.72. The van der Waals surface area contributed by atoms with Gasteiger partial charge in [0.1, 0.15) is 5.75 Å². The molecule has 1 aliphatic rings. The van der Waals surface area contributed by atoms with Crippen molar-refractivity contribution in [2.75, 3.05) is 20.8 Å². The number of benzene rings is 1. The van der Waals surface area contributed by atoms with Gasteiger partial charge in [0, 0.05) is 6.04 Å². The number of carbonyl (C=O) groups is 1. The van der Waals surface area contributed by atoms with E-state index >= 15 is 0 Å². The van der Waals surface area contributed by atoms with Crippen LogP contribution in [0.2, 0.25) is 0 Å². The zero-order chi connectivity index (χ0) is 13.7. The summed E-state index contributed by atoms with van der Waals surface area (Å²) in [5.74, 6) is 0.580. The fourth-order valence-corrected chi connectivity index (χ4v) is 2.52. The average molecular weight is 263 g/mol. The van der Waals surface area contributed by atoms with Gasteiger partial charge in [-0.25, -0.2) is 0 Å². The van der Waals surface area contributed by atoms with Crippen molar-refractivity contribution in [2.24, 2.45) is 0 Å². The van der Waals surface area contributed by atoms with Crippen LogP contribution in [0.15, 0.2) is 18.2 Å². The van der Waals surface area contributed by atoms with Gasteiger partial charge in [-0.3, -0.25) is 4.79 Å². The van der Waals surface area contributed by atoms with E-state index in [4.69, 9.17) is 4.74 Å². The molecule has 0 aromatic heterocycles. The summed E-state index contributed by atoms with van der Waals surface area (Å²) in [6.45, 7) is 0.357. The van der Waals surface area contributed by atoms with E-state index in [9.17, 15) is 4.79 Å². The molecule has 104 valence electrons. The number of esters is 1. The lowest BCUT2D eigenvalue weighted by Gasteiger charge is -2.25. The summed E-state index contributed by atoms with van der Waals surface area (Å²) >= 11 is 0. The molecule has 4 nitrogen and oxygen atoms in total. The molecular formula is C15H21NO3. The fourth-order valence-electron chi connectivity index (χ4n) is 2.52. The van der Waals surface area contributed by atoms with E-state index in [1.54, 1.807) is 0 Å². The number of ether oxygens (including phenoxy) is 2. The van der Waals surface area contributed by atoms with E-state index in [1.807, 2.05) is 13.1 Å². The van der Waals surface area contributed by atoms with Gasteiger partial charge in [0.15, 0.2) is 0 Å². The zero-order valence-corrected chi connectivity index (χ0v) is 11.6. The van der Waals surface area contributed by atoms with Gasteiger partial charge in [-0.05, 0) is 49.6 Å². The Morgan fingerprint density at radius 1 is 1.47 bits per heavy atom. The third kappa shape index (κ3) is 3.47. The average Bonchev–Trinajstić information content (AvgIpc) is 2.46. The molecule has 0 amide bonds. The van der Waals surface area contributed by atoms with Crippen molar-refractivity contribution in [1.82, 2.24) is 5.32 Å². The molecule has 1 aromatic carbocycles. The Bertz CT molecular complexity index is 445. The minimum absolute atomic E-state index is 0.244. The minimum atomic E-state index is -0.244. The number of hydrogen-bond donors (Lipinski definition) is 1. The lowest BCUT2D eigenvalue weighted by Crippen LogP contribution is -2.21. The molecule has 0 heterocycles. The van der Waals surface area contributed by atoms with E-state index < -0.39 is 0 Å². The number of rotatable bonds is 5. The second kappa shape index (κ2) is 6.57. The molecule has 0 bridgehead atoms. The third-order valence-corrected chi connectivity index (χ3v) is 3.58. The monoisotopic (exact) mass is 263 g/mol. The van der Waals surface area contributed by atoms with Crippen LogP contribution in [0.3, 0.4) is 0 Å². The normalized spacial score (nSPS) is 17.7. The molecule has 0 saturated carbocycles. The van der Waals surface area contributed by atoms with E-state index in [2.05, 4.69) is 22.2 Å². The van der Waals surface area contributed by atoms with Crippen molar-refractivity contribution in [3.05, 3.63) is 29.3 Å². The molecule has 1 aromatic rings. The molecule has 1 N–H and O–H groups in total. The molecule has 4 heteroatoms. The molecule has 1 atom stereocenters. The van der Waals surface area contributed by atoms with E-state index in [1.165, 1.54) is 24.7 Å². The van der Waals surface area contributed by atoms with Crippen LogP contribution >= 0.6 is 0 Å². The third-order valence-electron chi connectivity index (χ3n) is 3.58. The second-order valence-corrected chi connectivity index (χ2v) is 4.77. The number of aryl methyl sites for hydroxylation is 1. The molecule has 1 aliphatic carbocycles. The molecule has 0 spiro atoms. The second-order valence-electron chi connectivity index (χ2n) is 4.77. The summed E-state index contributed by atoms with van der Waals surface area (Å²) in [5, 5.41) is 3.34. The van der Waals surface area contributed by atoms with Crippen LogP contribution in [0.1, 0.15) is 36.4 Å². The van der Waals surface area contributed by atoms with Crippen molar-refractivity contribution in [1.29, 1.82) is 0 Å². The predicted octanol–water partition coefficient (Wildman–Crippen LogP) is 2.23. The highest BCUT2D eigenvalue weighted by molar-refractivity contribution is 5.69. The van der Waals surface area contributed by atoms with Crippen LogP contribution in [0, 0.1) is 0 Å². The Kier molecular flexibility index (Phi) is 4.80. The summed E-state index contributed by atoms with van der Waals surface area (Å²) in [7, 11) is 3.38. The lowest BCUT2D eigenvalue weighted by atomic mass is 9.87. The summed E-state index contributed by atoms with van der Waals surface area (Å²) in [6, 6.07) is 6.61. The van der Waals surface area contributed by atoms with Gasteiger partial charge in [-0.2, -0.15) is 0 Å². The van der Waals surface area contributed by atoms with Gasteiger partial charge >= 0.3 is 5.97 Å². The minimum Gasteiger partial charge on any atom is -0.493 e. The number of carbonyl (C=O) groups excluding carboxylic acids is 1. The Balaban J connectivity index is 2.01. The zero-order valence-electron chi connectivity index (χ0n) is 11.6. The Hall–Kier alpha value is -1.55. The highest BCUT2D eigenvalue weighted by Crippen LogP contribution is 2.32. The van der Waals surface area contributed by atoms with E-state index in [-0.39, 0.29) is 12.4 Å². The summed E-state index contributed by atoms with van der Waals surface area (Å²) in [6.07, 6.45) is 3.80. The topological polar surface area (TPSA) is 47.6 Å². The van der Waals surface area contributed by atoms with Gasteiger partial charge in [0.05, 0.1) is 20.1 Å². The van der Waals surface area contributed by atoms with Crippen LogP contribution in [0.5, 0.6) is 5.75 Å². The number of fused-ring (bicyclic) bond motifs is 1. The molecule has 0 radical (unpaired) electrons. The first-order valence-electron chi connectivity index (χ1n) is 6.74. The maximum absolute atomic E-state index is 11.0. The van der Waals surface area contributed by atoms with Gasteiger partial charge < -0.3 is 14.8 Å². The molecule has 19 heavy (non-hydrogen) atoms. The summed E-state index contributed by atoms with van der Waals surface area (Å²) < 4.78 is 10.2. The Morgan fingerprint density at radius 2 is 2.32 bits per heavy atom. The van der Waals surface area contributed by atoms with Gasteiger partial charge in [-0.15, -0.1) is 0 Å². The van der Waals surface area contributed by atoms with Crippen LogP contribution in [-0.2, 0) is 16.0 Å². The van der Waals surface area contributed by atoms with Crippen LogP contribution in [-0.4, -0.2) is 26.7 Å². The largest absolute Gasteiger partial charge is 0.493 e. The first-order valence-corrected chi connectivity index (χ1v) is 6.74. The number of hydrogen-bond acceptors (Lipinski definition) is 4. The van der Waals surface area contributed by atoms with Crippen molar-refractivity contribution < 1.29 is 14.3 Å². The molecule has 0 fully saturated rings. The van der Waals surface area contributed by atoms with Gasteiger partial charge in [0.25, 0.3) is 0 Å². The van der Waals surface area contributed by atoms with Crippen molar-refractivity contribution in [2.45, 2.75) is 31.7 Å². The highest BCUT2D eigenvalue weighted by atomic mass is 16.5. The molecule has 0 aliphatic heterocycles. The standard InChI is InChI=1S/C15H21NO3/c1-16-14-5-3-4-11-6-7-12(10-13(11)14)19-9-8-15(17)18-2/h6-7,10,14,16H,3-5,8-9H2,1-2H3. The van der Waals surface area contributed by atoms with E-state index in [0.29, 0.717) is 12.6 Å². The number of methoxy groups -OCH3 is 1. The quantitative estimate of drug-likeness (QED) is 0.828. The SMILES string of the molecule is CNC1CCCc2ccc(OCCC(=O)OC)cc21. The molecule has 0 saturated heterocycles. The maximum atomic E-state index is 11.0. The van der Waals surface area contributed by atoms with Crippen molar-refractivity contribution >= 4 is 5.97 Å². The molecule has 1 unspecified atom stereocenters. The number of nitrogens with one attached hydrogen (secondary N) is 1. The van der Waals surface area contributed by atoms with Crippen LogP contribution in [0.4, 0.5) is 0 Å². The maximum Gasteiger partial charge on any atom is 0.308 e. The smallest absolute Gasteiger partial charge is 0.308 e. The van der Waals surface area contributed by atoms with Crippen molar-refractivity contribution in [3.63, 3.8) is 0 Å². The van der Waals surface area contributed by atoms with Gasteiger partial charge in [-0.1, -0.05) is 6.07 Å². The van der Waals surface area contributed by atoms with Crippen LogP contribution < -0.4 is 10.1 Å². The highest BCUT2D eigenvalue weighted by Gasteiger charge is 2.19. The molecule has 2 rings (SSSR count). The first-order chi connectivity index (χ1) is 9.24. The molecular weight excluding hydrogens is 242 g/mol. The van der Waals surface area contributed by atoms with Crippen LogP contribution in [0.25, 0.3) is 0 Å². The Labute approximate surface area is 114 Å². The van der Waals surface area contributed by atoms with Crippen molar-refractivity contribution in [3.8, 4) is 5.75 Å². The van der Waals surface area contributed by atoms with E-state index in [0.717, 1.165) is 18.6 Å². The first kappa shape index (κ1) is 13.9.